The Morgan fingerprint density at radius 3 is 2.67 bits per heavy atom. The Bertz CT molecular complexity index is 1270. The van der Waals surface area contributed by atoms with E-state index in [1.165, 1.54) is 0 Å². The van der Waals surface area contributed by atoms with E-state index in [1.54, 1.807) is 19.4 Å². The first-order chi connectivity index (χ1) is 16.1. The maximum atomic E-state index is 12.4. The molecule has 1 heterocycles. The smallest absolute Gasteiger partial charge is 0.289 e. The van der Waals surface area contributed by atoms with Gasteiger partial charge in [-0.1, -0.05) is 41.9 Å². The maximum Gasteiger partial charge on any atom is 0.289 e. The van der Waals surface area contributed by atoms with Crippen LogP contribution in [-0.2, 0) is 6.61 Å². The van der Waals surface area contributed by atoms with Gasteiger partial charge in [0.1, 0.15) is 23.8 Å². The molecule has 0 atom stereocenters. The summed E-state index contributed by atoms with van der Waals surface area (Å²) in [5, 5.41) is 11.6. The molecule has 0 bridgehead atoms. The van der Waals surface area contributed by atoms with Crippen molar-refractivity contribution < 1.29 is 14.3 Å². The van der Waals surface area contributed by atoms with Crippen LogP contribution in [0.25, 0.3) is 11.3 Å². The highest BCUT2D eigenvalue weighted by Gasteiger charge is 2.11. The quantitative estimate of drug-likeness (QED) is 0.283. The number of rotatable bonds is 8. The predicted molar refractivity (Wildman–Crippen MR) is 128 cm³/mol. The molecule has 4 rings (SSSR count). The van der Waals surface area contributed by atoms with E-state index >= 15 is 0 Å². The molecule has 0 unspecified atom stereocenters. The van der Waals surface area contributed by atoms with Crippen molar-refractivity contribution >= 4 is 23.7 Å². The van der Waals surface area contributed by atoms with Gasteiger partial charge >= 0.3 is 0 Å². The van der Waals surface area contributed by atoms with Crippen LogP contribution in [0.3, 0.4) is 0 Å². The number of benzene rings is 3. The normalized spacial score (nSPS) is 10.8. The van der Waals surface area contributed by atoms with Crippen LogP contribution >= 0.6 is 11.6 Å². The van der Waals surface area contributed by atoms with Crippen LogP contribution in [0.2, 0.25) is 5.02 Å². The van der Waals surface area contributed by atoms with E-state index in [9.17, 15) is 4.79 Å². The fraction of sp³-hybridized carbons (Fsp3) is 0.0800. The lowest BCUT2D eigenvalue weighted by Gasteiger charge is -2.08. The first-order valence-corrected chi connectivity index (χ1v) is 10.5. The summed E-state index contributed by atoms with van der Waals surface area (Å²) in [6.45, 7) is 0.351. The van der Waals surface area contributed by atoms with Crippen LogP contribution in [0.5, 0.6) is 11.5 Å². The molecule has 166 valence electrons. The Morgan fingerprint density at radius 2 is 1.88 bits per heavy atom. The highest BCUT2D eigenvalue weighted by Crippen LogP contribution is 2.24. The third-order valence-electron chi connectivity index (χ3n) is 4.80. The standard InChI is InChI=1S/C25H21ClN4O3/c1-32-20-11-9-17(10-12-20)15-27-30-25(31)24-14-23(28-29-24)18-6-4-7-21(13-18)33-16-19-5-2-3-8-22(19)26/h2-15H,16H2,1H3,(H,28,29)(H,30,31)/b27-15+. The number of nitrogens with one attached hydrogen (secondary N) is 2. The lowest BCUT2D eigenvalue weighted by molar-refractivity contribution is 0.0950. The highest BCUT2D eigenvalue weighted by molar-refractivity contribution is 6.31. The lowest BCUT2D eigenvalue weighted by atomic mass is 10.1. The van der Waals surface area contributed by atoms with E-state index in [2.05, 4.69) is 20.7 Å². The highest BCUT2D eigenvalue weighted by atomic mass is 35.5. The molecule has 3 aromatic carbocycles. The number of carbonyl (C=O) groups is 1. The molecular formula is C25H21ClN4O3. The number of methoxy groups -OCH3 is 1. The van der Waals surface area contributed by atoms with Crippen LogP contribution in [0.4, 0.5) is 0 Å². The zero-order valence-corrected chi connectivity index (χ0v) is 18.5. The Balaban J connectivity index is 1.38. The third kappa shape index (κ3) is 5.78. The molecule has 1 amide bonds. The van der Waals surface area contributed by atoms with Crippen molar-refractivity contribution in [3.8, 4) is 22.8 Å². The van der Waals surface area contributed by atoms with Crippen molar-refractivity contribution in [1.29, 1.82) is 0 Å². The number of hydrazone groups is 1. The van der Waals surface area contributed by atoms with E-state index in [0.717, 1.165) is 22.4 Å². The molecule has 33 heavy (non-hydrogen) atoms. The van der Waals surface area contributed by atoms with Crippen molar-refractivity contribution in [2.45, 2.75) is 6.61 Å². The monoisotopic (exact) mass is 460 g/mol. The Morgan fingerprint density at radius 1 is 1.06 bits per heavy atom. The van der Waals surface area contributed by atoms with Crippen LogP contribution in [0.15, 0.2) is 84.0 Å². The minimum Gasteiger partial charge on any atom is -0.497 e. The van der Waals surface area contributed by atoms with Gasteiger partial charge in [-0.2, -0.15) is 10.2 Å². The van der Waals surface area contributed by atoms with Crippen molar-refractivity contribution in [2.75, 3.05) is 7.11 Å². The van der Waals surface area contributed by atoms with Crippen LogP contribution in [-0.4, -0.2) is 29.4 Å². The number of aromatic amines is 1. The fourth-order valence-corrected chi connectivity index (χ4v) is 3.21. The van der Waals surface area contributed by atoms with Crippen molar-refractivity contribution in [3.05, 3.63) is 101 Å². The summed E-state index contributed by atoms with van der Waals surface area (Å²) in [6, 6.07) is 24.0. The second-order valence-electron chi connectivity index (χ2n) is 7.05. The van der Waals surface area contributed by atoms with Gasteiger partial charge in [0.15, 0.2) is 0 Å². The number of hydrogen-bond donors (Lipinski definition) is 2. The van der Waals surface area contributed by atoms with Gasteiger partial charge < -0.3 is 9.47 Å². The first kappa shape index (κ1) is 22.1. The number of carbonyl (C=O) groups excluding carboxylic acids is 1. The minimum atomic E-state index is -0.398. The summed E-state index contributed by atoms with van der Waals surface area (Å²) in [5.74, 6) is 1.02. The first-order valence-electron chi connectivity index (χ1n) is 10.1. The maximum absolute atomic E-state index is 12.4. The number of hydrogen-bond acceptors (Lipinski definition) is 5. The third-order valence-corrected chi connectivity index (χ3v) is 5.17. The van der Waals surface area contributed by atoms with Crippen molar-refractivity contribution in [1.82, 2.24) is 15.6 Å². The van der Waals surface area contributed by atoms with Crippen LogP contribution in [0, 0.1) is 0 Å². The van der Waals surface area contributed by atoms with Gasteiger partial charge in [0.2, 0.25) is 0 Å². The molecule has 4 aromatic rings. The molecular weight excluding hydrogens is 440 g/mol. The van der Waals surface area contributed by atoms with Gasteiger partial charge in [0.25, 0.3) is 5.91 Å². The largest absolute Gasteiger partial charge is 0.497 e. The van der Waals surface area contributed by atoms with Gasteiger partial charge in [0, 0.05) is 16.1 Å². The molecule has 0 fully saturated rings. The van der Waals surface area contributed by atoms with E-state index in [-0.39, 0.29) is 0 Å². The summed E-state index contributed by atoms with van der Waals surface area (Å²) in [4.78, 5) is 12.4. The van der Waals surface area contributed by atoms with E-state index < -0.39 is 5.91 Å². The summed E-state index contributed by atoms with van der Waals surface area (Å²) in [5.41, 5.74) is 5.93. The number of ether oxygens (including phenoxy) is 2. The number of aromatic nitrogens is 2. The van der Waals surface area contributed by atoms with Crippen LogP contribution in [0.1, 0.15) is 21.6 Å². The van der Waals surface area contributed by atoms with Gasteiger partial charge in [0.05, 0.1) is 19.0 Å². The Hall–Kier alpha value is -4.10. The van der Waals surface area contributed by atoms with E-state index in [4.69, 9.17) is 21.1 Å². The molecule has 2 N–H and O–H groups in total. The average Bonchev–Trinajstić information content (AvgIpc) is 3.35. The zero-order chi connectivity index (χ0) is 23.0. The summed E-state index contributed by atoms with van der Waals surface area (Å²) in [6.07, 6.45) is 1.55. The van der Waals surface area contributed by atoms with E-state index in [0.29, 0.717) is 28.8 Å². The second kappa shape index (κ2) is 10.5. The topological polar surface area (TPSA) is 88.6 Å². The molecule has 0 aliphatic rings. The van der Waals surface area contributed by atoms with Gasteiger partial charge in [-0.3, -0.25) is 9.89 Å². The number of halogens is 1. The average molecular weight is 461 g/mol. The Kier molecular flexibility index (Phi) is 7.02. The van der Waals surface area contributed by atoms with Crippen molar-refractivity contribution in [2.24, 2.45) is 5.10 Å². The molecule has 0 saturated heterocycles. The number of H-pyrrole nitrogens is 1. The molecule has 8 heteroatoms. The number of nitrogens with zero attached hydrogens (tertiary/aromatic N) is 2. The summed E-state index contributed by atoms with van der Waals surface area (Å²) >= 11 is 6.19. The van der Waals surface area contributed by atoms with Crippen LogP contribution < -0.4 is 14.9 Å². The molecule has 0 aliphatic carbocycles. The van der Waals surface area contributed by atoms with Gasteiger partial charge in [-0.05, 0) is 54.1 Å². The second-order valence-corrected chi connectivity index (χ2v) is 7.45. The molecule has 1 aromatic heterocycles. The molecule has 0 aliphatic heterocycles. The molecule has 7 nitrogen and oxygen atoms in total. The number of amides is 1. The zero-order valence-electron chi connectivity index (χ0n) is 17.8. The van der Waals surface area contributed by atoms with Gasteiger partial charge in [-0.25, -0.2) is 5.43 Å². The Labute approximate surface area is 196 Å². The van der Waals surface area contributed by atoms with Crippen molar-refractivity contribution in [3.63, 3.8) is 0 Å². The van der Waals surface area contributed by atoms with Gasteiger partial charge in [-0.15, -0.1) is 0 Å². The minimum absolute atomic E-state index is 0.291. The molecule has 0 saturated carbocycles. The fourth-order valence-electron chi connectivity index (χ4n) is 3.02. The molecule has 0 spiro atoms. The summed E-state index contributed by atoms with van der Waals surface area (Å²) in [7, 11) is 1.60. The molecule has 0 radical (unpaired) electrons. The predicted octanol–water partition coefficient (Wildman–Crippen LogP) is 5.08. The van der Waals surface area contributed by atoms with E-state index in [1.807, 2.05) is 72.8 Å². The summed E-state index contributed by atoms with van der Waals surface area (Å²) < 4.78 is 11.0. The SMILES string of the molecule is COc1ccc(/C=N/NC(=O)c2cc(-c3cccc(OCc4ccccc4Cl)c3)n[nH]2)cc1. The lowest BCUT2D eigenvalue weighted by Crippen LogP contribution is -2.17.